The monoisotopic (exact) mass is 875 g/mol. The smallest absolute Gasteiger partial charge is 0.0561 e. The molecule has 3 heteroatoms. The van der Waals surface area contributed by atoms with Gasteiger partial charge in [0.05, 0.1) is 22.4 Å². The maximum absolute atomic E-state index is 2.61. The molecule has 3 nitrogen and oxygen atoms in total. The van der Waals surface area contributed by atoms with E-state index >= 15 is 0 Å². The normalized spacial score (nSPS) is 19.0. The molecule has 9 aromatic carbocycles. The predicted octanol–water partition coefficient (Wildman–Crippen LogP) is 16.8. The molecule has 0 aliphatic heterocycles. The Hall–Kier alpha value is -7.62. The van der Waals surface area contributed by atoms with Crippen molar-refractivity contribution in [3.63, 3.8) is 0 Å². The number of hydrogen-bond donors (Lipinski definition) is 0. The second-order valence-electron chi connectivity index (χ2n) is 20.5. The lowest BCUT2D eigenvalue weighted by atomic mass is 9.68. The van der Waals surface area contributed by atoms with Gasteiger partial charge in [-0.2, -0.15) is 0 Å². The topological polar surface area (TPSA) is 11.4 Å². The Kier molecular flexibility index (Phi) is 8.54. The highest BCUT2D eigenvalue weighted by molar-refractivity contribution is 6.10. The van der Waals surface area contributed by atoms with Crippen molar-refractivity contribution < 1.29 is 0 Å². The Morgan fingerprint density at radius 3 is 1.65 bits per heavy atom. The zero-order chi connectivity index (χ0) is 45.3. The van der Waals surface area contributed by atoms with E-state index in [2.05, 4.69) is 241 Å². The van der Waals surface area contributed by atoms with E-state index in [9.17, 15) is 0 Å². The molecule has 10 aromatic rings. The van der Waals surface area contributed by atoms with E-state index < -0.39 is 0 Å². The molecular weight excluding hydrogens is 823 g/mol. The van der Waals surface area contributed by atoms with Crippen LogP contribution < -0.4 is 9.80 Å². The SMILES string of the molecule is Cc1ccc(-n2c3ccccc3c3ccc(N(c4ccccc4)c4cccc5c4C46c7c(cccc7N(c7ccccc7)c7ccc8c(c7)C(C)(C)c7ccccc7-8)CC4CCC6C5)cc32)cc1. The summed E-state index contributed by atoms with van der Waals surface area (Å²) in [6, 6.07) is 78.1. The van der Waals surface area contributed by atoms with Crippen LogP contribution in [0.15, 0.2) is 206 Å². The highest BCUT2D eigenvalue weighted by Crippen LogP contribution is 2.69. The van der Waals surface area contributed by atoms with Crippen LogP contribution in [0.5, 0.6) is 0 Å². The van der Waals surface area contributed by atoms with Crippen LogP contribution in [0.25, 0.3) is 38.6 Å². The lowest BCUT2D eigenvalue weighted by molar-refractivity contribution is 0.350. The van der Waals surface area contributed by atoms with Crippen molar-refractivity contribution in [3.05, 3.63) is 245 Å². The average Bonchev–Trinajstić information content (AvgIpc) is 4.14. The molecule has 1 spiro atoms. The molecular formula is C65H53N3. The summed E-state index contributed by atoms with van der Waals surface area (Å²) < 4.78 is 2.46. The maximum atomic E-state index is 2.61. The van der Waals surface area contributed by atoms with Gasteiger partial charge in [0, 0.05) is 50.0 Å². The fourth-order valence-corrected chi connectivity index (χ4v) is 13.9. The van der Waals surface area contributed by atoms with E-state index in [4.69, 9.17) is 0 Å². The second kappa shape index (κ2) is 14.7. The molecule has 328 valence electrons. The van der Waals surface area contributed by atoms with Gasteiger partial charge in [0.1, 0.15) is 0 Å². The van der Waals surface area contributed by atoms with Crippen LogP contribution in [-0.4, -0.2) is 4.57 Å². The lowest BCUT2D eigenvalue weighted by Crippen LogP contribution is -2.34. The molecule has 68 heavy (non-hydrogen) atoms. The number of para-hydroxylation sites is 3. The molecule has 1 fully saturated rings. The van der Waals surface area contributed by atoms with Crippen LogP contribution in [-0.2, 0) is 23.7 Å². The fourth-order valence-electron chi connectivity index (χ4n) is 13.9. The summed E-state index contributed by atoms with van der Waals surface area (Å²) in [7, 11) is 0. The van der Waals surface area contributed by atoms with Crippen LogP contribution in [0.4, 0.5) is 34.1 Å². The number of hydrogen-bond acceptors (Lipinski definition) is 2. The highest BCUT2D eigenvalue weighted by atomic mass is 15.2. The Bertz CT molecular complexity index is 3630. The first-order chi connectivity index (χ1) is 33.4. The summed E-state index contributed by atoms with van der Waals surface area (Å²) in [6.07, 6.45) is 4.65. The number of fused-ring (bicyclic) bond motifs is 8. The third-order valence-corrected chi connectivity index (χ3v) is 16.7. The molecule has 4 aliphatic carbocycles. The Morgan fingerprint density at radius 1 is 0.441 bits per heavy atom. The zero-order valence-corrected chi connectivity index (χ0v) is 39.0. The van der Waals surface area contributed by atoms with Crippen LogP contribution in [0, 0.1) is 18.8 Å². The number of aryl methyl sites for hydroxylation is 1. The number of benzene rings is 9. The van der Waals surface area contributed by atoms with E-state index in [-0.39, 0.29) is 10.8 Å². The van der Waals surface area contributed by atoms with Crippen LogP contribution in [0.3, 0.4) is 0 Å². The fraction of sp³-hybridized carbons (Fsp3) is 0.169. The standard InChI is InChI=1S/C65H53N3/c1-42-28-32-49(33-29-42)68-58-25-13-11-23-54(58)55-37-35-51(41-61(55)68)67(48-20-8-5-9-21-48)60-27-15-17-44-39-46-31-30-45-38-43-16-14-26-59(62(43)65(45,46)63(44)60)66(47-18-6-4-7-19-47)50-34-36-53-52-22-10-12-24-56(52)64(2,3)57(53)40-50/h4-29,32-37,40-41,45-46H,30-31,38-39H2,1-3H3. The van der Waals surface area contributed by atoms with Gasteiger partial charge in [-0.05, 0) is 168 Å². The van der Waals surface area contributed by atoms with Gasteiger partial charge in [0.25, 0.3) is 0 Å². The molecule has 1 aromatic heterocycles. The lowest BCUT2D eigenvalue weighted by Gasteiger charge is -2.40. The number of nitrogens with zero attached hydrogens (tertiary/aromatic N) is 3. The molecule has 0 saturated heterocycles. The van der Waals surface area contributed by atoms with Crippen molar-refractivity contribution >= 4 is 55.9 Å². The zero-order valence-electron chi connectivity index (χ0n) is 39.0. The summed E-state index contributed by atoms with van der Waals surface area (Å²) in [5.41, 5.74) is 23.5. The molecule has 3 atom stereocenters. The average molecular weight is 876 g/mol. The van der Waals surface area contributed by atoms with Crippen molar-refractivity contribution in [1.82, 2.24) is 4.57 Å². The summed E-state index contributed by atoms with van der Waals surface area (Å²) in [6.45, 7) is 6.97. The Morgan fingerprint density at radius 2 is 0.985 bits per heavy atom. The third-order valence-electron chi connectivity index (χ3n) is 16.7. The third kappa shape index (κ3) is 5.47. The number of rotatable bonds is 7. The molecule has 14 rings (SSSR count). The van der Waals surface area contributed by atoms with Gasteiger partial charge in [-0.3, -0.25) is 0 Å². The van der Waals surface area contributed by atoms with E-state index in [1.54, 1.807) is 0 Å². The number of anilines is 6. The largest absolute Gasteiger partial charge is 0.310 e. The van der Waals surface area contributed by atoms with Gasteiger partial charge in [0.15, 0.2) is 0 Å². The summed E-state index contributed by atoms with van der Waals surface area (Å²) in [5.74, 6) is 1.00. The van der Waals surface area contributed by atoms with Gasteiger partial charge < -0.3 is 14.4 Å². The van der Waals surface area contributed by atoms with E-state index in [1.807, 2.05) is 0 Å². The van der Waals surface area contributed by atoms with E-state index in [0.717, 1.165) is 12.8 Å². The minimum atomic E-state index is -0.162. The molecule has 1 heterocycles. The van der Waals surface area contributed by atoms with Gasteiger partial charge in [-0.15, -0.1) is 0 Å². The van der Waals surface area contributed by atoms with Gasteiger partial charge in [-0.25, -0.2) is 0 Å². The van der Waals surface area contributed by atoms with E-state index in [1.165, 1.54) is 125 Å². The predicted molar refractivity (Wildman–Crippen MR) is 283 cm³/mol. The first-order valence-electron chi connectivity index (χ1n) is 24.7. The quantitative estimate of drug-likeness (QED) is 0.158. The second-order valence-corrected chi connectivity index (χ2v) is 20.5. The van der Waals surface area contributed by atoms with Crippen LogP contribution in [0.1, 0.15) is 65.6 Å². The number of aromatic nitrogens is 1. The van der Waals surface area contributed by atoms with Gasteiger partial charge in [-0.1, -0.05) is 147 Å². The molecule has 1 saturated carbocycles. The van der Waals surface area contributed by atoms with Gasteiger partial charge >= 0.3 is 0 Å². The molecule has 0 radical (unpaired) electrons. The van der Waals surface area contributed by atoms with Crippen molar-refractivity contribution in [2.75, 3.05) is 9.80 Å². The summed E-state index contributed by atoms with van der Waals surface area (Å²) in [4.78, 5) is 5.20. The Labute approximate surface area is 399 Å². The van der Waals surface area contributed by atoms with Gasteiger partial charge in [0.2, 0.25) is 0 Å². The minimum Gasteiger partial charge on any atom is -0.310 e. The minimum absolute atomic E-state index is 0.110. The maximum Gasteiger partial charge on any atom is 0.0561 e. The van der Waals surface area contributed by atoms with Crippen molar-refractivity contribution in [3.8, 4) is 16.8 Å². The van der Waals surface area contributed by atoms with Crippen molar-refractivity contribution in [2.24, 2.45) is 11.8 Å². The Balaban J connectivity index is 0.997. The van der Waals surface area contributed by atoms with Crippen LogP contribution in [0.2, 0.25) is 0 Å². The first kappa shape index (κ1) is 39.5. The molecule has 0 N–H and O–H groups in total. The van der Waals surface area contributed by atoms with Crippen molar-refractivity contribution in [1.29, 1.82) is 0 Å². The van der Waals surface area contributed by atoms with Crippen LogP contribution >= 0.6 is 0 Å². The summed E-state index contributed by atoms with van der Waals surface area (Å²) in [5, 5.41) is 2.53. The molecule has 3 unspecified atom stereocenters. The summed E-state index contributed by atoms with van der Waals surface area (Å²) >= 11 is 0. The van der Waals surface area contributed by atoms with E-state index in [0.29, 0.717) is 11.8 Å². The molecule has 4 aliphatic rings. The first-order valence-corrected chi connectivity index (χ1v) is 24.7. The molecule has 0 amide bonds. The highest BCUT2D eigenvalue weighted by Gasteiger charge is 2.62. The van der Waals surface area contributed by atoms with Crippen molar-refractivity contribution in [2.45, 2.75) is 57.3 Å². The molecule has 0 bridgehead atoms.